The van der Waals surface area contributed by atoms with Gasteiger partial charge >= 0.3 is 0 Å². The number of rotatable bonds is 2. The van der Waals surface area contributed by atoms with Crippen molar-refractivity contribution in [1.29, 1.82) is 0 Å². The average molecular weight is 274 g/mol. The lowest BCUT2D eigenvalue weighted by Gasteiger charge is -2.11. The van der Waals surface area contributed by atoms with Crippen molar-refractivity contribution in [2.24, 2.45) is 0 Å². The van der Waals surface area contributed by atoms with E-state index in [4.69, 9.17) is 5.11 Å². The lowest BCUT2D eigenvalue weighted by Crippen LogP contribution is -2.05. The summed E-state index contributed by atoms with van der Waals surface area (Å²) in [4.78, 5) is 0. The van der Waals surface area contributed by atoms with Gasteiger partial charge in [0.15, 0.2) is 23.3 Å². The third kappa shape index (κ3) is 2.08. The molecule has 6 heteroatoms. The van der Waals surface area contributed by atoms with Gasteiger partial charge in [0.05, 0.1) is 12.2 Å². The number of hydrogen-bond donors (Lipinski definition) is 1. The zero-order valence-electron chi connectivity index (χ0n) is 9.35. The lowest BCUT2D eigenvalue weighted by atomic mass is 9.98. The molecule has 0 fully saturated rings. The van der Waals surface area contributed by atoms with Gasteiger partial charge in [0.1, 0.15) is 0 Å². The maximum absolute atomic E-state index is 13.6. The summed E-state index contributed by atoms with van der Waals surface area (Å²) in [5.41, 5.74) is -1.22. The average Bonchev–Trinajstić information content (AvgIpc) is 2.44. The summed E-state index contributed by atoms with van der Waals surface area (Å²) in [5.74, 6) is -10.1. The van der Waals surface area contributed by atoms with Crippen LogP contribution in [0.1, 0.15) is 5.56 Å². The summed E-state index contributed by atoms with van der Waals surface area (Å²) >= 11 is 0. The van der Waals surface area contributed by atoms with Crippen LogP contribution in [0, 0.1) is 29.1 Å². The van der Waals surface area contributed by atoms with Gasteiger partial charge in [-0.05, 0) is 11.1 Å². The van der Waals surface area contributed by atoms with Gasteiger partial charge in [-0.2, -0.15) is 0 Å². The Morgan fingerprint density at radius 1 is 0.737 bits per heavy atom. The first-order chi connectivity index (χ1) is 8.99. The zero-order chi connectivity index (χ0) is 14.2. The topological polar surface area (TPSA) is 20.2 Å². The van der Waals surface area contributed by atoms with E-state index in [0.717, 1.165) is 0 Å². The van der Waals surface area contributed by atoms with Crippen LogP contribution in [0.15, 0.2) is 24.3 Å². The molecule has 2 aromatic carbocycles. The first-order valence-corrected chi connectivity index (χ1v) is 5.19. The van der Waals surface area contributed by atoms with E-state index < -0.39 is 41.3 Å². The first-order valence-electron chi connectivity index (χ1n) is 5.19. The molecule has 19 heavy (non-hydrogen) atoms. The molecule has 100 valence electrons. The van der Waals surface area contributed by atoms with Gasteiger partial charge in [0, 0.05) is 0 Å². The highest BCUT2D eigenvalue weighted by Gasteiger charge is 2.27. The van der Waals surface area contributed by atoms with Crippen molar-refractivity contribution in [1.82, 2.24) is 0 Å². The molecule has 0 atom stereocenters. The third-order valence-corrected chi connectivity index (χ3v) is 2.67. The molecule has 1 nitrogen and oxygen atoms in total. The molecule has 0 aromatic heterocycles. The van der Waals surface area contributed by atoms with Gasteiger partial charge in [0.25, 0.3) is 0 Å². The van der Waals surface area contributed by atoms with E-state index in [1.807, 2.05) is 0 Å². The third-order valence-electron chi connectivity index (χ3n) is 2.67. The van der Waals surface area contributed by atoms with Crippen LogP contribution >= 0.6 is 0 Å². The van der Waals surface area contributed by atoms with Crippen molar-refractivity contribution in [3.8, 4) is 11.1 Å². The summed E-state index contributed by atoms with van der Waals surface area (Å²) in [7, 11) is 0. The van der Waals surface area contributed by atoms with Crippen molar-refractivity contribution in [3.05, 3.63) is 58.9 Å². The van der Waals surface area contributed by atoms with E-state index in [1.165, 1.54) is 24.3 Å². The van der Waals surface area contributed by atoms with Crippen molar-refractivity contribution < 1.29 is 27.1 Å². The molecular weight excluding hydrogens is 267 g/mol. The summed E-state index contributed by atoms with van der Waals surface area (Å²) in [6.07, 6.45) is 0. The normalized spacial score (nSPS) is 10.8. The van der Waals surface area contributed by atoms with Crippen LogP contribution in [0.2, 0.25) is 0 Å². The Morgan fingerprint density at radius 3 is 1.74 bits per heavy atom. The minimum atomic E-state index is -2.21. The molecule has 0 aliphatic heterocycles. The van der Waals surface area contributed by atoms with Crippen LogP contribution < -0.4 is 0 Å². The Labute approximate surface area is 104 Å². The minimum absolute atomic E-state index is 0.0608. The van der Waals surface area contributed by atoms with E-state index in [9.17, 15) is 22.0 Å². The Morgan fingerprint density at radius 2 is 1.21 bits per heavy atom. The SMILES string of the molecule is OCc1ccccc1-c1c(F)c(F)c(F)c(F)c1F. The quantitative estimate of drug-likeness (QED) is 0.504. The summed E-state index contributed by atoms with van der Waals surface area (Å²) in [6, 6.07) is 5.34. The number of aliphatic hydroxyl groups excluding tert-OH is 1. The predicted molar refractivity (Wildman–Crippen MR) is 57.6 cm³/mol. The van der Waals surface area contributed by atoms with E-state index in [0.29, 0.717) is 0 Å². The molecule has 0 saturated heterocycles. The largest absolute Gasteiger partial charge is 0.392 e. The minimum Gasteiger partial charge on any atom is -0.392 e. The Balaban J connectivity index is 2.83. The monoisotopic (exact) mass is 274 g/mol. The van der Waals surface area contributed by atoms with Crippen LogP contribution in [0.5, 0.6) is 0 Å². The number of benzene rings is 2. The van der Waals surface area contributed by atoms with Gasteiger partial charge in [0.2, 0.25) is 5.82 Å². The maximum Gasteiger partial charge on any atom is 0.200 e. The van der Waals surface area contributed by atoms with Crippen molar-refractivity contribution in [3.63, 3.8) is 0 Å². The zero-order valence-corrected chi connectivity index (χ0v) is 9.35. The number of aliphatic hydroxyl groups is 1. The van der Waals surface area contributed by atoms with Gasteiger partial charge in [-0.15, -0.1) is 0 Å². The highest BCUT2D eigenvalue weighted by molar-refractivity contribution is 5.68. The highest BCUT2D eigenvalue weighted by atomic mass is 19.2. The maximum atomic E-state index is 13.6. The summed E-state index contributed by atoms with van der Waals surface area (Å²) in [6.45, 7) is -0.588. The Kier molecular flexibility index (Phi) is 3.53. The molecule has 0 heterocycles. The van der Waals surface area contributed by atoms with Gasteiger partial charge in [-0.1, -0.05) is 24.3 Å². The van der Waals surface area contributed by atoms with Crippen molar-refractivity contribution in [2.45, 2.75) is 6.61 Å². The second-order valence-electron chi connectivity index (χ2n) is 3.76. The highest BCUT2D eigenvalue weighted by Crippen LogP contribution is 2.33. The van der Waals surface area contributed by atoms with Crippen LogP contribution in [-0.2, 0) is 6.61 Å². The van der Waals surface area contributed by atoms with Gasteiger partial charge < -0.3 is 5.11 Å². The number of halogens is 5. The summed E-state index contributed by atoms with van der Waals surface area (Å²) < 4.78 is 66.3. The fourth-order valence-electron chi connectivity index (χ4n) is 1.74. The van der Waals surface area contributed by atoms with E-state index in [1.54, 1.807) is 0 Å². The standard InChI is InChI=1S/C13H7F5O/c14-9-8(7-4-2-1-3-6(7)5-19)10(15)12(17)13(18)11(9)16/h1-4,19H,5H2. The summed E-state index contributed by atoms with van der Waals surface area (Å²) in [5, 5.41) is 9.05. The van der Waals surface area contributed by atoms with Crippen molar-refractivity contribution >= 4 is 0 Å². The molecule has 0 unspecified atom stereocenters. The fourth-order valence-corrected chi connectivity index (χ4v) is 1.74. The smallest absolute Gasteiger partial charge is 0.200 e. The molecule has 0 aliphatic rings. The molecule has 0 bridgehead atoms. The lowest BCUT2D eigenvalue weighted by molar-refractivity contribution is 0.282. The molecule has 2 aromatic rings. The van der Waals surface area contributed by atoms with Gasteiger partial charge in [-0.25, -0.2) is 22.0 Å². The molecule has 1 N–H and O–H groups in total. The van der Waals surface area contributed by atoms with E-state index in [-0.39, 0.29) is 11.1 Å². The first kappa shape index (κ1) is 13.5. The predicted octanol–water partition coefficient (Wildman–Crippen LogP) is 3.54. The molecule has 0 saturated carbocycles. The van der Waals surface area contributed by atoms with Crippen molar-refractivity contribution in [2.75, 3.05) is 0 Å². The molecule has 0 radical (unpaired) electrons. The second-order valence-corrected chi connectivity index (χ2v) is 3.76. The molecule has 0 spiro atoms. The molecule has 0 aliphatic carbocycles. The van der Waals surface area contributed by atoms with Crippen LogP contribution in [-0.4, -0.2) is 5.11 Å². The molecule has 0 amide bonds. The van der Waals surface area contributed by atoms with E-state index in [2.05, 4.69) is 0 Å². The Hall–Kier alpha value is -1.95. The van der Waals surface area contributed by atoms with Crippen LogP contribution in [0.4, 0.5) is 22.0 Å². The van der Waals surface area contributed by atoms with Crippen LogP contribution in [0.3, 0.4) is 0 Å². The fraction of sp³-hybridized carbons (Fsp3) is 0.0769. The molecule has 2 rings (SSSR count). The number of hydrogen-bond acceptors (Lipinski definition) is 1. The van der Waals surface area contributed by atoms with Gasteiger partial charge in [-0.3, -0.25) is 0 Å². The second kappa shape index (κ2) is 4.97. The van der Waals surface area contributed by atoms with E-state index >= 15 is 0 Å². The van der Waals surface area contributed by atoms with Crippen LogP contribution in [0.25, 0.3) is 11.1 Å². The Bertz CT molecular complexity index is 610. The molecular formula is C13H7F5O.